The van der Waals surface area contributed by atoms with E-state index in [2.05, 4.69) is 12.2 Å². The Morgan fingerprint density at radius 2 is 1.71 bits per heavy atom. The molecular formula is C25H30N2O4. The maximum Gasteiger partial charge on any atom is 0.308 e. The second-order valence-electron chi connectivity index (χ2n) is 7.81. The van der Waals surface area contributed by atoms with E-state index in [0.29, 0.717) is 12.1 Å². The summed E-state index contributed by atoms with van der Waals surface area (Å²) in [6.07, 6.45) is 3.96. The molecule has 1 aliphatic heterocycles. The summed E-state index contributed by atoms with van der Waals surface area (Å²) in [6, 6.07) is 17.8. The lowest BCUT2D eigenvalue weighted by atomic mass is 10.00. The first-order valence-electron chi connectivity index (χ1n) is 10.9. The van der Waals surface area contributed by atoms with Gasteiger partial charge in [-0.1, -0.05) is 55.5 Å². The summed E-state index contributed by atoms with van der Waals surface area (Å²) in [5.41, 5.74) is 1.32. The van der Waals surface area contributed by atoms with Gasteiger partial charge in [0.25, 0.3) is 11.8 Å². The fraction of sp³-hybridized carbons (Fsp3) is 0.400. The van der Waals surface area contributed by atoms with Crippen LogP contribution in [0.15, 0.2) is 60.7 Å². The van der Waals surface area contributed by atoms with Crippen molar-refractivity contribution in [2.24, 2.45) is 0 Å². The maximum atomic E-state index is 12.6. The third-order valence-corrected chi connectivity index (χ3v) is 5.69. The summed E-state index contributed by atoms with van der Waals surface area (Å²) in [5, 5.41) is 2.91. The second-order valence-corrected chi connectivity index (χ2v) is 7.81. The highest BCUT2D eigenvalue weighted by Gasteiger charge is 2.26. The van der Waals surface area contributed by atoms with Crippen molar-refractivity contribution in [3.05, 3.63) is 71.8 Å². The van der Waals surface area contributed by atoms with Crippen LogP contribution in [-0.2, 0) is 14.3 Å². The number of carbonyl (C=O) groups is 3. The molecule has 2 aromatic carbocycles. The molecule has 1 fully saturated rings. The largest absolute Gasteiger partial charge is 0.455 e. The molecule has 0 spiro atoms. The smallest absolute Gasteiger partial charge is 0.308 e. The Morgan fingerprint density at radius 3 is 2.39 bits per heavy atom. The number of amides is 2. The van der Waals surface area contributed by atoms with Crippen LogP contribution in [0.5, 0.6) is 0 Å². The van der Waals surface area contributed by atoms with E-state index in [-0.39, 0.29) is 30.9 Å². The molecule has 2 aromatic rings. The molecule has 6 heteroatoms. The van der Waals surface area contributed by atoms with Gasteiger partial charge in [-0.2, -0.15) is 0 Å². The molecule has 0 aliphatic carbocycles. The van der Waals surface area contributed by atoms with E-state index in [4.69, 9.17) is 4.74 Å². The third kappa shape index (κ3) is 6.41. The summed E-state index contributed by atoms with van der Waals surface area (Å²) in [6.45, 7) is 2.53. The minimum Gasteiger partial charge on any atom is -0.455 e. The quantitative estimate of drug-likeness (QED) is 0.655. The van der Waals surface area contributed by atoms with Crippen LogP contribution in [0.4, 0.5) is 0 Å². The van der Waals surface area contributed by atoms with Crippen molar-refractivity contribution in [2.75, 3.05) is 13.2 Å². The Hall–Kier alpha value is -3.15. The van der Waals surface area contributed by atoms with E-state index in [9.17, 15) is 14.4 Å². The van der Waals surface area contributed by atoms with Gasteiger partial charge >= 0.3 is 5.97 Å². The molecule has 1 heterocycles. The summed E-state index contributed by atoms with van der Waals surface area (Å²) in [4.78, 5) is 39.6. The Labute approximate surface area is 183 Å². The zero-order chi connectivity index (χ0) is 22.1. The molecule has 31 heavy (non-hydrogen) atoms. The molecule has 2 amide bonds. The van der Waals surface area contributed by atoms with Crippen molar-refractivity contribution in [3.63, 3.8) is 0 Å². The highest BCUT2D eigenvalue weighted by Crippen LogP contribution is 2.21. The van der Waals surface area contributed by atoms with Gasteiger partial charge in [0.15, 0.2) is 6.61 Å². The van der Waals surface area contributed by atoms with Crippen LogP contribution >= 0.6 is 0 Å². The lowest BCUT2D eigenvalue weighted by molar-refractivity contribution is -0.154. The standard InChI is InChI=1S/C25H30N2O4/c1-2-21-15-9-10-16-27(21)23(28)18-31-24(29)17-22(19-11-5-3-6-12-19)26-25(30)20-13-7-4-8-14-20/h3-8,11-14,21-22H,2,9-10,15-18H2,1H3,(H,26,30). The Bertz CT molecular complexity index is 870. The molecule has 164 valence electrons. The summed E-state index contributed by atoms with van der Waals surface area (Å²) in [7, 11) is 0. The van der Waals surface area contributed by atoms with Gasteiger partial charge in [0, 0.05) is 18.2 Å². The highest BCUT2D eigenvalue weighted by molar-refractivity contribution is 5.94. The van der Waals surface area contributed by atoms with Gasteiger partial charge in [-0.05, 0) is 43.4 Å². The zero-order valence-electron chi connectivity index (χ0n) is 18.0. The predicted molar refractivity (Wildman–Crippen MR) is 118 cm³/mol. The van der Waals surface area contributed by atoms with Crippen molar-refractivity contribution in [2.45, 2.75) is 51.1 Å². The molecule has 0 saturated carbocycles. The molecular weight excluding hydrogens is 392 g/mol. The molecule has 0 radical (unpaired) electrons. The van der Waals surface area contributed by atoms with E-state index in [1.165, 1.54) is 0 Å². The average Bonchev–Trinajstić information content (AvgIpc) is 2.83. The number of nitrogens with one attached hydrogen (secondary N) is 1. The van der Waals surface area contributed by atoms with Crippen LogP contribution in [0.1, 0.15) is 61.0 Å². The lowest BCUT2D eigenvalue weighted by Gasteiger charge is -2.35. The lowest BCUT2D eigenvalue weighted by Crippen LogP contribution is -2.45. The highest BCUT2D eigenvalue weighted by atomic mass is 16.5. The molecule has 6 nitrogen and oxygen atoms in total. The van der Waals surface area contributed by atoms with Gasteiger partial charge < -0.3 is 15.0 Å². The number of carbonyl (C=O) groups excluding carboxylic acids is 3. The molecule has 0 bridgehead atoms. The normalized spacial score (nSPS) is 16.9. The number of hydrogen-bond acceptors (Lipinski definition) is 4. The summed E-state index contributed by atoms with van der Waals surface area (Å²) >= 11 is 0. The maximum absolute atomic E-state index is 12.6. The number of rotatable bonds is 8. The van der Waals surface area contributed by atoms with Crippen molar-refractivity contribution in [1.29, 1.82) is 0 Å². The number of hydrogen-bond donors (Lipinski definition) is 1. The van der Waals surface area contributed by atoms with E-state index in [0.717, 1.165) is 31.2 Å². The fourth-order valence-corrected chi connectivity index (χ4v) is 3.97. The van der Waals surface area contributed by atoms with E-state index in [1.54, 1.807) is 24.3 Å². The average molecular weight is 423 g/mol. The Kier molecular flexibility index (Phi) is 8.21. The second kappa shape index (κ2) is 11.3. The first kappa shape index (κ1) is 22.5. The van der Waals surface area contributed by atoms with Crippen LogP contribution < -0.4 is 5.32 Å². The van der Waals surface area contributed by atoms with Gasteiger partial charge in [-0.15, -0.1) is 0 Å². The van der Waals surface area contributed by atoms with Gasteiger partial charge in [0.1, 0.15) is 0 Å². The van der Waals surface area contributed by atoms with Gasteiger partial charge in [0.2, 0.25) is 0 Å². The summed E-state index contributed by atoms with van der Waals surface area (Å²) in [5.74, 6) is -0.928. The van der Waals surface area contributed by atoms with Crippen molar-refractivity contribution in [1.82, 2.24) is 10.2 Å². The topological polar surface area (TPSA) is 75.7 Å². The number of benzene rings is 2. The summed E-state index contributed by atoms with van der Waals surface area (Å²) < 4.78 is 5.31. The van der Waals surface area contributed by atoms with Gasteiger partial charge in [-0.25, -0.2) is 0 Å². The number of likely N-dealkylation sites (tertiary alicyclic amines) is 1. The SMILES string of the molecule is CCC1CCCCN1C(=O)COC(=O)CC(NC(=O)c1ccccc1)c1ccccc1. The monoisotopic (exact) mass is 422 g/mol. The van der Waals surface area contributed by atoms with Crippen LogP contribution in [0, 0.1) is 0 Å². The molecule has 3 rings (SSSR count). The zero-order valence-corrected chi connectivity index (χ0v) is 18.0. The Balaban J connectivity index is 1.60. The molecule has 2 atom stereocenters. The van der Waals surface area contributed by atoms with Crippen LogP contribution in [0.25, 0.3) is 0 Å². The molecule has 1 aliphatic rings. The minimum absolute atomic E-state index is 0.0485. The first-order valence-corrected chi connectivity index (χ1v) is 10.9. The van der Waals surface area contributed by atoms with Crippen molar-refractivity contribution in [3.8, 4) is 0 Å². The number of ether oxygens (including phenoxy) is 1. The van der Waals surface area contributed by atoms with E-state index >= 15 is 0 Å². The van der Waals surface area contributed by atoms with Crippen molar-refractivity contribution >= 4 is 17.8 Å². The molecule has 0 aromatic heterocycles. The number of nitrogens with zero attached hydrogens (tertiary/aromatic N) is 1. The first-order chi connectivity index (χ1) is 15.1. The van der Waals surface area contributed by atoms with E-state index < -0.39 is 12.0 Å². The van der Waals surface area contributed by atoms with Crippen LogP contribution in [-0.4, -0.2) is 41.9 Å². The van der Waals surface area contributed by atoms with Gasteiger partial charge in [-0.3, -0.25) is 14.4 Å². The molecule has 1 saturated heterocycles. The minimum atomic E-state index is -0.546. The Morgan fingerprint density at radius 1 is 1.03 bits per heavy atom. The number of esters is 1. The van der Waals surface area contributed by atoms with Crippen LogP contribution in [0.2, 0.25) is 0 Å². The molecule has 1 N–H and O–H groups in total. The van der Waals surface area contributed by atoms with Crippen molar-refractivity contribution < 1.29 is 19.1 Å². The predicted octanol–water partition coefficient (Wildman–Crippen LogP) is 3.88. The van der Waals surface area contributed by atoms with Gasteiger partial charge in [0.05, 0.1) is 12.5 Å². The number of piperidine rings is 1. The molecule has 2 unspecified atom stereocenters. The van der Waals surface area contributed by atoms with E-state index in [1.807, 2.05) is 41.3 Å². The third-order valence-electron chi connectivity index (χ3n) is 5.69. The van der Waals surface area contributed by atoms with Crippen LogP contribution in [0.3, 0.4) is 0 Å². The fourth-order valence-electron chi connectivity index (χ4n) is 3.97.